The fraction of sp³-hybridized carbons (Fsp3) is 0.438. The zero-order valence-electron chi connectivity index (χ0n) is 11.9. The average molecular weight is 271 g/mol. The summed E-state index contributed by atoms with van der Waals surface area (Å²) >= 11 is 0. The molecule has 1 heterocycles. The normalized spacial score (nSPS) is 15.2. The Labute approximate surface area is 120 Å². The predicted octanol–water partition coefficient (Wildman–Crippen LogP) is 0.532. The monoisotopic (exact) mass is 271 g/mol. The molecule has 1 N–H and O–H groups in total. The van der Waals surface area contributed by atoms with Crippen LogP contribution in [0.25, 0.3) is 0 Å². The summed E-state index contributed by atoms with van der Waals surface area (Å²) in [6.45, 7) is 5.73. The van der Waals surface area contributed by atoms with Crippen LogP contribution >= 0.6 is 0 Å². The summed E-state index contributed by atoms with van der Waals surface area (Å²) in [6.07, 6.45) is 0.835. The van der Waals surface area contributed by atoms with Crippen molar-refractivity contribution in [3.63, 3.8) is 0 Å². The van der Waals surface area contributed by atoms with E-state index in [1.165, 1.54) is 0 Å². The average Bonchev–Trinajstić information content (AvgIpc) is 2.50. The van der Waals surface area contributed by atoms with E-state index in [0.717, 1.165) is 50.3 Å². The SMILES string of the molecule is CN(C=O)Cc1ccc(C#CCN2CCNCC2)cc1. The molecule has 4 nitrogen and oxygen atoms in total. The lowest BCUT2D eigenvalue weighted by Gasteiger charge is -2.24. The van der Waals surface area contributed by atoms with Crippen LogP contribution in [0.2, 0.25) is 0 Å². The molecule has 20 heavy (non-hydrogen) atoms. The van der Waals surface area contributed by atoms with Gasteiger partial charge in [-0.3, -0.25) is 9.69 Å². The minimum absolute atomic E-state index is 0.637. The van der Waals surface area contributed by atoms with Crippen LogP contribution in [0.4, 0.5) is 0 Å². The van der Waals surface area contributed by atoms with Crippen molar-refractivity contribution in [3.8, 4) is 11.8 Å². The Bertz CT molecular complexity index is 481. The molecular weight excluding hydrogens is 250 g/mol. The Morgan fingerprint density at radius 1 is 1.30 bits per heavy atom. The first-order valence-electron chi connectivity index (χ1n) is 6.94. The maximum Gasteiger partial charge on any atom is 0.209 e. The zero-order valence-corrected chi connectivity index (χ0v) is 11.9. The summed E-state index contributed by atoms with van der Waals surface area (Å²) in [5, 5.41) is 3.33. The van der Waals surface area contributed by atoms with Gasteiger partial charge in [0.1, 0.15) is 0 Å². The largest absolute Gasteiger partial charge is 0.344 e. The van der Waals surface area contributed by atoms with E-state index in [1.807, 2.05) is 24.3 Å². The summed E-state index contributed by atoms with van der Waals surface area (Å²) in [6, 6.07) is 8.07. The number of rotatable bonds is 4. The molecule has 1 aliphatic rings. The van der Waals surface area contributed by atoms with Gasteiger partial charge >= 0.3 is 0 Å². The second-order valence-electron chi connectivity index (χ2n) is 5.05. The van der Waals surface area contributed by atoms with Gasteiger partial charge in [-0.15, -0.1) is 0 Å². The number of hydrogen-bond acceptors (Lipinski definition) is 3. The second-order valence-corrected chi connectivity index (χ2v) is 5.05. The number of carbonyl (C=O) groups excluding carboxylic acids is 1. The maximum atomic E-state index is 10.6. The van der Waals surface area contributed by atoms with Gasteiger partial charge in [-0.05, 0) is 17.7 Å². The van der Waals surface area contributed by atoms with Gasteiger partial charge in [0.05, 0.1) is 6.54 Å². The Morgan fingerprint density at radius 2 is 2.00 bits per heavy atom. The van der Waals surface area contributed by atoms with Crippen molar-refractivity contribution in [1.29, 1.82) is 0 Å². The summed E-state index contributed by atoms with van der Waals surface area (Å²) < 4.78 is 0. The van der Waals surface area contributed by atoms with E-state index in [4.69, 9.17) is 0 Å². The molecule has 0 bridgehead atoms. The highest BCUT2D eigenvalue weighted by molar-refractivity contribution is 5.47. The fourth-order valence-corrected chi connectivity index (χ4v) is 2.14. The number of piperazine rings is 1. The van der Waals surface area contributed by atoms with Gasteiger partial charge in [0.2, 0.25) is 6.41 Å². The molecule has 4 heteroatoms. The van der Waals surface area contributed by atoms with Gasteiger partial charge in [-0.1, -0.05) is 24.0 Å². The molecule has 1 aromatic carbocycles. The number of carbonyl (C=O) groups is 1. The van der Waals surface area contributed by atoms with Crippen molar-refractivity contribution in [2.75, 3.05) is 39.8 Å². The van der Waals surface area contributed by atoms with Gasteiger partial charge < -0.3 is 10.2 Å². The highest BCUT2D eigenvalue weighted by atomic mass is 16.1. The molecule has 106 valence electrons. The maximum absolute atomic E-state index is 10.6. The van der Waals surface area contributed by atoms with E-state index >= 15 is 0 Å². The minimum Gasteiger partial charge on any atom is -0.344 e. The van der Waals surface area contributed by atoms with Gasteiger partial charge in [0.15, 0.2) is 0 Å². The number of benzene rings is 1. The summed E-state index contributed by atoms with van der Waals surface area (Å²) in [5.41, 5.74) is 2.14. The van der Waals surface area contributed by atoms with Crippen LogP contribution in [-0.4, -0.2) is 56.0 Å². The Kier molecular flexibility index (Phi) is 5.60. The van der Waals surface area contributed by atoms with Crippen LogP contribution in [0.15, 0.2) is 24.3 Å². The third-order valence-electron chi connectivity index (χ3n) is 3.31. The van der Waals surface area contributed by atoms with Crippen LogP contribution < -0.4 is 5.32 Å². The summed E-state index contributed by atoms with van der Waals surface area (Å²) in [7, 11) is 1.77. The third-order valence-corrected chi connectivity index (χ3v) is 3.31. The molecule has 1 fully saturated rings. The topological polar surface area (TPSA) is 35.6 Å². The molecule has 0 unspecified atom stereocenters. The van der Waals surface area contributed by atoms with Crippen molar-refractivity contribution in [3.05, 3.63) is 35.4 Å². The van der Waals surface area contributed by atoms with Gasteiger partial charge in [0.25, 0.3) is 0 Å². The molecule has 0 radical (unpaired) electrons. The van der Waals surface area contributed by atoms with Crippen molar-refractivity contribution in [1.82, 2.24) is 15.1 Å². The number of nitrogens with zero attached hydrogens (tertiary/aromatic N) is 2. The van der Waals surface area contributed by atoms with Crippen molar-refractivity contribution in [2.24, 2.45) is 0 Å². The molecule has 1 aromatic rings. The molecule has 2 rings (SSSR count). The van der Waals surface area contributed by atoms with Crippen molar-refractivity contribution >= 4 is 6.41 Å². The first-order chi connectivity index (χ1) is 9.78. The quantitative estimate of drug-likeness (QED) is 0.641. The van der Waals surface area contributed by atoms with E-state index in [0.29, 0.717) is 6.54 Å². The van der Waals surface area contributed by atoms with Crippen LogP contribution in [0.1, 0.15) is 11.1 Å². The van der Waals surface area contributed by atoms with Gasteiger partial charge in [0, 0.05) is 45.3 Å². The second kappa shape index (κ2) is 7.68. The number of hydrogen-bond donors (Lipinski definition) is 1. The molecule has 1 aliphatic heterocycles. The number of amides is 1. The standard InChI is InChI=1S/C16H21N3O/c1-18(14-20)13-16-6-4-15(5-7-16)3-2-10-19-11-8-17-9-12-19/h4-7,14,17H,8-13H2,1H3. The lowest BCUT2D eigenvalue weighted by molar-refractivity contribution is -0.117. The van der Waals surface area contributed by atoms with Gasteiger partial charge in [-0.25, -0.2) is 0 Å². The first kappa shape index (κ1) is 14.6. The lowest BCUT2D eigenvalue weighted by Crippen LogP contribution is -2.43. The molecular formula is C16H21N3O. The summed E-state index contributed by atoms with van der Waals surface area (Å²) in [5.74, 6) is 6.42. The van der Waals surface area contributed by atoms with E-state index in [1.54, 1.807) is 11.9 Å². The predicted molar refractivity (Wildman–Crippen MR) is 80.2 cm³/mol. The summed E-state index contributed by atoms with van der Waals surface area (Å²) in [4.78, 5) is 14.5. The van der Waals surface area contributed by atoms with Crippen LogP contribution in [-0.2, 0) is 11.3 Å². The van der Waals surface area contributed by atoms with Crippen molar-refractivity contribution < 1.29 is 4.79 Å². The molecule has 1 amide bonds. The van der Waals surface area contributed by atoms with Gasteiger partial charge in [-0.2, -0.15) is 0 Å². The minimum atomic E-state index is 0.637. The highest BCUT2D eigenvalue weighted by Crippen LogP contribution is 2.05. The van der Waals surface area contributed by atoms with E-state index < -0.39 is 0 Å². The van der Waals surface area contributed by atoms with Crippen molar-refractivity contribution in [2.45, 2.75) is 6.54 Å². The highest BCUT2D eigenvalue weighted by Gasteiger charge is 2.06. The van der Waals surface area contributed by atoms with Crippen LogP contribution in [0, 0.1) is 11.8 Å². The van der Waals surface area contributed by atoms with E-state index in [9.17, 15) is 4.79 Å². The van der Waals surface area contributed by atoms with E-state index in [2.05, 4.69) is 22.1 Å². The zero-order chi connectivity index (χ0) is 14.2. The fourth-order valence-electron chi connectivity index (χ4n) is 2.14. The van der Waals surface area contributed by atoms with E-state index in [-0.39, 0.29) is 0 Å². The third kappa shape index (κ3) is 4.69. The Morgan fingerprint density at radius 3 is 2.65 bits per heavy atom. The Balaban J connectivity index is 1.85. The lowest BCUT2D eigenvalue weighted by atomic mass is 10.1. The molecule has 0 saturated carbocycles. The number of nitrogens with one attached hydrogen (secondary N) is 1. The molecule has 0 aliphatic carbocycles. The van der Waals surface area contributed by atoms with Crippen LogP contribution in [0.3, 0.4) is 0 Å². The Hall–Kier alpha value is -1.83. The molecule has 0 spiro atoms. The molecule has 0 atom stereocenters. The molecule has 1 saturated heterocycles. The smallest absolute Gasteiger partial charge is 0.209 e. The van der Waals surface area contributed by atoms with Crippen LogP contribution in [0.5, 0.6) is 0 Å². The molecule has 0 aromatic heterocycles. The first-order valence-corrected chi connectivity index (χ1v) is 6.94.